The monoisotopic (exact) mass is 460 g/mol. The molecule has 0 aliphatic carbocycles. The molecule has 5 nitrogen and oxygen atoms in total. The van der Waals surface area contributed by atoms with Crippen molar-refractivity contribution in [3.8, 4) is 11.8 Å². The number of nitriles is 1. The number of benzene rings is 1. The van der Waals surface area contributed by atoms with E-state index in [1.165, 1.54) is 0 Å². The lowest BCUT2D eigenvalue weighted by molar-refractivity contribution is -0.188. The van der Waals surface area contributed by atoms with E-state index in [0.29, 0.717) is 16.2 Å². The molecule has 0 heterocycles. The Kier molecular flexibility index (Phi) is 8.72. The number of carbonyl (C=O) groups is 1. The van der Waals surface area contributed by atoms with Crippen molar-refractivity contribution >= 4 is 22.5 Å². The topological polar surface area (TPSA) is 62.6 Å². The summed E-state index contributed by atoms with van der Waals surface area (Å²) >= 11 is 0. The van der Waals surface area contributed by atoms with Gasteiger partial charge < -0.3 is 13.8 Å². The zero-order valence-electron chi connectivity index (χ0n) is 18.6. The van der Waals surface area contributed by atoms with E-state index in [1.54, 1.807) is 24.3 Å². The van der Waals surface area contributed by atoms with Crippen LogP contribution in [0.25, 0.3) is 0 Å². The van der Waals surface area contributed by atoms with Crippen molar-refractivity contribution in [3.63, 3.8) is 0 Å². The van der Waals surface area contributed by atoms with Gasteiger partial charge in [0.15, 0.2) is 8.32 Å². The van der Waals surface area contributed by atoms with E-state index in [1.807, 2.05) is 45.4 Å². The summed E-state index contributed by atoms with van der Waals surface area (Å²) in [7, 11) is -2.91. The maximum absolute atomic E-state index is 13.1. The number of halogens is 3. The molecular formula is C20H31F3N2O3Si2. The molecule has 0 bridgehead atoms. The Bertz CT molecular complexity index is 751. The van der Waals surface area contributed by atoms with E-state index in [-0.39, 0.29) is 12.8 Å². The van der Waals surface area contributed by atoms with Crippen LogP contribution in [0.4, 0.5) is 13.2 Å². The largest absolute Gasteiger partial charge is 0.544 e. The van der Waals surface area contributed by atoms with Gasteiger partial charge in [-0.05, 0) is 63.4 Å². The number of nitrogens with zero attached hydrogens (tertiary/aromatic N) is 2. The second kappa shape index (κ2) is 9.98. The van der Waals surface area contributed by atoms with Crippen LogP contribution < -0.4 is 4.43 Å². The summed E-state index contributed by atoms with van der Waals surface area (Å²) in [6.45, 7) is 11.9. The highest BCUT2D eigenvalue weighted by Gasteiger charge is 2.45. The number of amides is 1. The normalized spacial score (nSPS) is 14.6. The Hall–Kier alpha value is -1.84. The summed E-state index contributed by atoms with van der Waals surface area (Å²) in [6, 6.07) is 8.06. The van der Waals surface area contributed by atoms with E-state index in [9.17, 15) is 18.0 Å². The zero-order chi connectivity index (χ0) is 23.3. The average molecular weight is 461 g/mol. The first kappa shape index (κ1) is 26.2. The van der Waals surface area contributed by atoms with Crippen molar-refractivity contribution < 1.29 is 26.8 Å². The van der Waals surface area contributed by atoms with E-state index in [2.05, 4.69) is 0 Å². The van der Waals surface area contributed by atoms with Crippen LogP contribution >= 0.6 is 0 Å². The minimum atomic E-state index is -5.00. The molecule has 1 rings (SSSR count). The summed E-state index contributed by atoms with van der Waals surface area (Å²) in [6.07, 6.45) is -5.72. The molecule has 0 saturated heterocycles. The van der Waals surface area contributed by atoms with E-state index < -0.39 is 40.9 Å². The molecule has 0 aliphatic rings. The minimum absolute atomic E-state index is 0.00250. The van der Waals surface area contributed by atoms with Gasteiger partial charge in [-0.2, -0.15) is 18.4 Å². The number of rotatable bonds is 9. The highest BCUT2D eigenvalue weighted by Crippen LogP contribution is 2.34. The first-order valence-corrected chi connectivity index (χ1v) is 16.5. The molecule has 1 aromatic rings. The maximum atomic E-state index is 13.1. The highest BCUT2D eigenvalue weighted by molar-refractivity contribution is 6.70. The van der Waals surface area contributed by atoms with Crippen LogP contribution in [0.3, 0.4) is 0 Å². The third kappa shape index (κ3) is 8.49. The van der Waals surface area contributed by atoms with Crippen LogP contribution in [0.2, 0.25) is 39.3 Å². The van der Waals surface area contributed by atoms with Gasteiger partial charge in [-0.25, -0.2) is 0 Å². The summed E-state index contributed by atoms with van der Waals surface area (Å²) in [4.78, 5) is 12.6. The van der Waals surface area contributed by atoms with Crippen LogP contribution in [-0.2, 0) is 9.22 Å². The molecule has 1 amide bonds. The summed E-state index contributed by atoms with van der Waals surface area (Å²) in [5, 5.41) is 9.00. The van der Waals surface area contributed by atoms with E-state index in [0.717, 1.165) is 7.05 Å². The van der Waals surface area contributed by atoms with Gasteiger partial charge >= 0.3 is 12.1 Å². The lowest BCUT2D eigenvalue weighted by Crippen LogP contribution is -2.49. The molecule has 168 valence electrons. The molecule has 2 atom stereocenters. The van der Waals surface area contributed by atoms with Crippen molar-refractivity contribution in [1.82, 2.24) is 4.90 Å². The standard InChI is InChI=1S/C20H31F3N2O3Si2/c1-25(19(26)20(21,22)23)17(9-8-14-24)18(28-30(5,6)7)15-10-12-16(13-11-15)27-29(2,3)4/h10-13,17-18H,8-9H2,1-7H3. The Morgan fingerprint density at radius 2 is 1.63 bits per heavy atom. The fourth-order valence-corrected chi connectivity index (χ4v) is 4.84. The third-order valence-electron chi connectivity index (χ3n) is 4.07. The van der Waals surface area contributed by atoms with Gasteiger partial charge in [-0.1, -0.05) is 12.1 Å². The fraction of sp³-hybridized carbons (Fsp3) is 0.600. The number of hydrogen-bond acceptors (Lipinski definition) is 4. The molecule has 0 spiro atoms. The Labute approximate surface area is 179 Å². The lowest BCUT2D eigenvalue weighted by atomic mass is 9.97. The molecule has 0 radical (unpaired) electrons. The SMILES string of the molecule is CN(C(=O)C(F)(F)F)C(CCC#N)C(O[Si](C)(C)C)c1ccc(O[Si](C)(C)C)cc1. The molecule has 0 N–H and O–H groups in total. The number of hydrogen-bond donors (Lipinski definition) is 0. The molecule has 1 aromatic carbocycles. The van der Waals surface area contributed by atoms with Crippen molar-refractivity contribution in [1.29, 1.82) is 5.26 Å². The second-order valence-corrected chi connectivity index (χ2v) is 18.0. The fourth-order valence-electron chi connectivity index (χ4n) is 2.94. The number of alkyl halides is 3. The van der Waals surface area contributed by atoms with E-state index in [4.69, 9.17) is 14.1 Å². The minimum Gasteiger partial charge on any atom is -0.544 e. The van der Waals surface area contributed by atoms with E-state index >= 15 is 0 Å². The quantitative estimate of drug-likeness (QED) is 0.458. The smallest absolute Gasteiger partial charge is 0.471 e. The van der Waals surface area contributed by atoms with Gasteiger partial charge in [-0.15, -0.1) is 0 Å². The van der Waals surface area contributed by atoms with Crippen LogP contribution in [0, 0.1) is 11.3 Å². The predicted octanol–water partition coefficient (Wildman–Crippen LogP) is 5.49. The molecule has 10 heteroatoms. The molecule has 2 unspecified atom stereocenters. The summed E-state index contributed by atoms with van der Waals surface area (Å²) < 4.78 is 51.5. The Morgan fingerprint density at radius 3 is 2.03 bits per heavy atom. The van der Waals surface area contributed by atoms with Crippen LogP contribution in [0.1, 0.15) is 24.5 Å². The molecule has 0 fully saturated rings. The first-order chi connectivity index (χ1) is 13.5. The van der Waals surface area contributed by atoms with Gasteiger partial charge in [-0.3, -0.25) is 4.79 Å². The molecule has 0 aliphatic heterocycles. The average Bonchev–Trinajstić information content (AvgIpc) is 2.57. The molecule has 30 heavy (non-hydrogen) atoms. The molecule has 0 saturated carbocycles. The highest BCUT2D eigenvalue weighted by atomic mass is 28.4. The Balaban J connectivity index is 3.36. The Morgan fingerprint density at radius 1 is 1.10 bits per heavy atom. The van der Waals surface area contributed by atoms with Crippen LogP contribution in [-0.4, -0.2) is 46.7 Å². The molecule has 0 aromatic heterocycles. The van der Waals surface area contributed by atoms with Crippen molar-refractivity contribution in [3.05, 3.63) is 29.8 Å². The second-order valence-electron chi connectivity index (χ2n) is 9.11. The van der Waals surface area contributed by atoms with Crippen molar-refractivity contribution in [2.45, 2.75) is 70.4 Å². The number of carbonyl (C=O) groups excluding carboxylic acids is 1. The maximum Gasteiger partial charge on any atom is 0.471 e. The van der Waals surface area contributed by atoms with Gasteiger partial charge in [0, 0.05) is 13.5 Å². The van der Waals surface area contributed by atoms with Gasteiger partial charge in [0.05, 0.1) is 18.2 Å². The van der Waals surface area contributed by atoms with Crippen LogP contribution in [0.15, 0.2) is 24.3 Å². The lowest BCUT2D eigenvalue weighted by Gasteiger charge is -2.38. The predicted molar refractivity (Wildman–Crippen MR) is 115 cm³/mol. The first-order valence-electron chi connectivity index (χ1n) is 9.73. The van der Waals surface area contributed by atoms with Gasteiger partial charge in [0.2, 0.25) is 8.32 Å². The van der Waals surface area contributed by atoms with Crippen molar-refractivity contribution in [2.75, 3.05) is 7.05 Å². The van der Waals surface area contributed by atoms with Crippen LogP contribution in [0.5, 0.6) is 5.75 Å². The van der Waals surface area contributed by atoms with Gasteiger partial charge in [0.1, 0.15) is 5.75 Å². The van der Waals surface area contributed by atoms with Gasteiger partial charge in [0.25, 0.3) is 0 Å². The summed E-state index contributed by atoms with van der Waals surface area (Å²) in [5.74, 6) is -1.27. The third-order valence-corrected chi connectivity index (χ3v) is 5.88. The number of likely N-dealkylation sites (N-methyl/N-ethyl adjacent to an activating group) is 1. The summed E-state index contributed by atoms with van der Waals surface area (Å²) in [5.41, 5.74) is 0.644. The molecular weight excluding hydrogens is 429 g/mol. The zero-order valence-corrected chi connectivity index (χ0v) is 20.6. The van der Waals surface area contributed by atoms with Crippen molar-refractivity contribution in [2.24, 2.45) is 0 Å².